The molecule has 0 amide bonds. The van der Waals surface area contributed by atoms with Gasteiger partial charge in [-0.3, -0.25) is 4.79 Å². The molecule has 0 fully saturated rings. The summed E-state index contributed by atoms with van der Waals surface area (Å²) in [5, 5.41) is 0. The predicted octanol–water partition coefficient (Wildman–Crippen LogP) is 6.19. The minimum absolute atomic E-state index is 0. The smallest absolute Gasteiger partial charge is 0.159 e. The minimum Gasteiger partial charge on any atom is -0.486 e. The largest absolute Gasteiger partial charge is 0.486 e. The van der Waals surface area contributed by atoms with E-state index in [-0.39, 0.29) is 30.6 Å². The first kappa shape index (κ1) is 26.0. The number of benzene rings is 3. The number of carbonyl (C=O) groups excluding carboxylic acids is 1. The number of hydrogen-bond acceptors (Lipinski definition) is 5. The van der Waals surface area contributed by atoms with Crippen LogP contribution in [0.1, 0.15) is 34.2 Å². The molecule has 0 radical (unpaired) electrons. The topological polar surface area (TPSA) is 79.4 Å². The highest BCUT2D eigenvalue weighted by molar-refractivity contribution is 5.94. The molecule has 8 heteroatoms. The van der Waals surface area contributed by atoms with Crippen molar-refractivity contribution in [2.24, 2.45) is 7.05 Å². The number of hydrogen-bond donors (Lipinski definition) is 1. The van der Waals surface area contributed by atoms with Crippen molar-refractivity contribution in [3.63, 3.8) is 0 Å². The Bertz CT molecular complexity index is 1260. The van der Waals surface area contributed by atoms with Gasteiger partial charge in [0.05, 0.1) is 11.0 Å². The Hall–Kier alpha value is -3.22. The molecule has 1 heterocycles. The van der Waals surface area contributed by atoms with Crippen LogP contribution in [-0.4, -0.2) is 15.3 Å². The molecule has 33 heavy (non-hydrogen) atoms. The molecule has 0 unspecified atom stereocenters. The first-order valence-electron chi connectivity index (χ1n) is 10.1. The van der Waals surface area contributed by atoms with Gasteiger partial charge < -0.3 is 19.8 Å². The van der Waals surface area contributed by atoms with E-state index >= 15 is 0 Å². The number of anilines is 1. The number of nitrogens with two attached hydrogens (primary N) is 1. The molecular weight excluding hydrogens is 461 g/mol. The maximum atomic E-state index is 11.4. The standard InChI is InChI=1S/C25H25N3O3.2ClH/c1-15-11-21(12-16(2)25(15)26)31-20-9-10-22-23(13-20)28(4)24(27-22)14-30-19-7-5-18(6-8-19)17(3)29;;/h5-13H,14,26H2,1-4H3;2*1H. The first-order valence-corrected chi connectivity index (χ1v) is 10.1. The molecule has 3 aromatic carbocycles. The highest BCUT2D eigenvalue weighted by Crippen LogP contribution is 2.30. The van der Waals surface area contributed by atoms with Gasteiger partial charge in [-0.1, -0.05) is 0 Å². The normalized spacial score (nSPS) is 10.3. The van der Waals surface area contributed by atoms with Gasteiger partial charge in [0.2, 0.25) is 0 Å². The molecule has 0 aliphatic carbocycles. The van der Waals surface area contributed by atoms with E-state index in [1.54, 1.807) is 31.2 Å². The fourth-order valence-corrected chi connectivity index (χ4v) is 3.48. The average Bonchev–Trinajstić information content (AvgIpc) is 3.06. The van der Waals surface area contributed by atoms with E-state index in [1.165, 1.54) is 0 Å². The molecule has 4 aromatic rings. The third-order valence-corrected chi connectivity index (χ3v) is 5.38. The quantitative estimate of drug-likeness (QED) is 0.259. The Morgan fingerprint density at radius 2 is 1.55 bits per heavy atom. The van der Waals surface area contributed by atoms with Crippen molar-refractivity contribution in [1.29, 1.82) is 0 Å². The summed E-state index contributed by atoms with van der Waals surface area (Å²) in [7, 11) is 1.95. The van der Waals surface area contributed by atoms with Gasteiger partial charge in [0.1, 0.15) is 29.7 Å². The molecule has 4 rings (SSSR count). The van der Waals surface area contributed by atoms with Gasteiger partial charge >= 0.3 is 0 Å². The first-order chi connectivity index (χ1) is 14.8. The number of ketones is 1. The van der Waals surface area contributed by atoms with Gasteiger partial charge in [0, 0.05) is 24.4 Å². The molecule has 174 valence electrons. The SMILES string of the molecule is CC(=O)c1ccc(OCc2nc3ccc(Oc4cc(C)c(N)c(C)c4)cc3n2C)cc1.Cl.Cl. The van der Waals surface area contributed by atoms with Crippen molar-refractivity contribution >= 4 is 47.3 Å². The number of carbonyl (C=O) groups is 1. The van der Waals surface area contributed by atoms with Gasteiger partial charge in [-0.05, 0) is 80.4 Å². The van der Waals surface area contributed by atoms with Crippen molar-refractivity contribution in [2.75, 3.05) is 5.73 Å². The molecule has 0 spiro atoms. The summed E-state index contributed by atoms with van der Waals surface area (Å²) in [4.78, 5) is 16.1. The van der Waals surface area contributed by atoms with Gasteiger partial charge in [-0.25, -0.2) is 4.98 Å². The zero-order valence-corrected chi connectivity index (χ0v) is 20.5. The van der Waals surface area contributed by atoms with Crippen molar-refractivity contribution in [3.8, 4) is 17.2 Å². The van der Waals surface area contributed by atoms with Crippen LogP contribution in [0.3, 0.4) is 0 Å². The van der Waals surface area contributed by atoms with Crippen molar-refractivity contribution < 1.29 is 14.3 Å². The molecule has 0 saturated heterocycles. The fourth-order valence-electron chi connectivity index (χ4n) is 3.48. The lowest BCUT2D eigenvalue weighted by atomic mass is 10.1. The second-order valence-electron chi connectivity index (χ2n) is 7.68. The summed E-state index contributed by atoms with van der Waals surface area (Å²) in [5.74, 6) is 3.00. The van der Waals surface area contributed by atoms with Crippen LogP contribution in [0.4, 0.5) is 5.69 Å². The molecule has 0 aliphatic heterocycles. The van der Waals surface area contributed by atoms with E-state index in [2.05, 4.69) is 4.98 Å². The summed E-state index contributed by atoms with van der Waals surface area (Å²) in [6, 6.07) is 16.8. The van der Waals surface area contributed by atoms with E-state index in [0.717, 1.165) is 45.2 Å². The molecule has 0 bridgehead atoms. The van der Waals surface area contributed by atoms with Crippen LogP contribution in [-0.2, 0) is 13.7 Å². The Morgan fingerprint density at radius 3 is 2.15 bits per heavy atom. The molecule has 0 saturated carbocycles. The van der Waals surface area contributed by atoms with Crippen molar-refractivity contribution in [1.82, 2.24) is 9.55 Å². The van der Waals surface area contributed by atoms with Crippen LogP contribution >= 0.6 is 24.8 Å². The maximum Gasteiger partial charge on any atom is 0.159 e. The second-order valence-corrected chi connectivity index (χ2v) is 7.68. The molecule has 0 aliphatic rings. The number of aromatic nitrogens is 2. The lowest BCUT2D eigenvalue weighted by molar-refractivity contribution is 0.101. The number of imidazole rings is 1. The second kappa shape index (κ2) is 10.6. The number of halogens is 2. The Labute approximate surface area is 205 Å². The number of Topliss-reactive ketones (excluding diaryl/α,β-unsaturated/α-hetero) is 1. The van der Waals surface area contributed by atoms with Crippen molar-refractivity contribution in [3.05, 3.63) is 77.1 Å². The van der Waals surface area contributed by atoms with Crippen LogP contribution in [0, 0.1) is 13.8 Å². The third kappa shape index (κ3) is 5.59. The Kier molecular flexibility index (Phi) is 8.36. The van der Waals surface area contributed by atoms with Gasteiger partial charge in [0.15, 0.2) is 5.78 Å². The molecule has 6 nitrogen and oxygen atoms in total. The number of fused-ring (bicyclic) bond motifs is 1. The minimum atomic E-state index is 0. The van der Waals surface area contributed by atoms with Crippen LogP contribution in [0.2, 0.25) is 0 Å². The summed E-state index contributed by atoms with van der Waals surface area (Å²) in [6.45, 7) is 5.80. The number of rotatable bonds is 6. The van der Waals surface area contributed by atoms with E-state index < -0.39 is 0 Å². The van der Waals surface area contributed by atoms with Crippen molar-refractivity contribution in [2.45, 2.75) is 27.4 Å². The number of nitrogens with zero attached hydrogens (tertiary/aromatic N) is 2. The summed E-state index contributed by atoms with van der Waals surface area (Å²) < 4.78 is 13.9. The zero-order valence-electron chi connectivity index (χ0n) is 18.9. The van der Waals surface area contributed by atoms with Crippen LogP contribution in [0.25, 0.3) is 11.0 Å². The maximum absolute atomic E-state index is 11.4. The molecule has 0 atom stereocenters. The molecule has 1 aromatic heterocycles. The van der Waals surface area contributed by atoms with Crippen LogP contribution in [0.15, 0.2) is 54.6 Å². The number of aryl methyl sites for hydroxylation is 3. The van der Waals surface area contributed by atoms with Gasteiger partial charge in [-0.2, -0.15) is 0 Å². The predicted molar refractivity (Wildman–Crippen MR) is 136 cm³/mol. The number of nitrogen functional groups attached to an aromatic ring is 1. The average molecular weight is 488 g/mol. The van der Waals surface area contributed by atoms with E-state index in [0.29, 0.717) is 17.9 Å². The monoisotopic (exact) mass is 487 g/mol. The molecule has 2 N–H and O–H groups in total. The summed E-state index contributed by atoms with van der Waals surface area (Å²) in [6.07, 6.45) is 0. The Morgan fingerprint density at radius 1 is 0.939 bits per heavy atom. The highest BCUT2D eigenvalue weighted by Gasteiger charge is 2.11. The molecular formula is C25H27Cl2N3O3. The van der Waals surface area contributed by atoms with E-state index in [4.69, 9.17) is 15.2 Å². The van der Waals surface area contributed by atoms with E-state index in [1.807, 2.05) is 55.8 Å². The van der Waals surface area contributed by atoms with Gasteiger partial charge in [-0.15, -0.1) is 24.8 Å². The zero-order chi connectivity index (χ0) is 22.1. The summed E-state index contributed by atoms with van der Waals surface area (Å²) >= 11 is 0. The third-order valence-electron chi connectivity index (χ3n) is 5.38. The van der Waals surface area contributed by atoms with Crippen LogP contribution in [0.5, 0.6) is 17.2 Å². The fraction of sp³-hybridized carbons (Fsp3) is 0.200. The lowest BCUT2D eigenvalue weighted by Crippen LogP contribution is -2.03. The van der Waals surface area contributed by atoms with E-state index in [9.17, 15) is 4.79 Å². The lowest BCUT2D eigenvalue weighted by Gasteiger charge is -2.11. The highest BCUT2D eigenvalue weighted by atomic mass is 35.5. The van der Waals surface area contributed by atoms with Gasteiger partial charge in [0.25, 0.3) is 0 Å². The summed E-state index contributed by atoms with van der Waals surface area (Å²) in [5.41, 5.74) is 11.3. The number of ether oxygens (including phenoxy) is 2. The van der Waals surface area contributed by atoms with Crippen LogP contribution < -0.4 is 15.2 Å². The Balaban J connectivity index is 0.00000193.